The van der Waals surface area contributed by atoms with Gasteiger partial charge >= 0.3 is 0 Å². The van der Waals surface area contributed by atoms with Crippen LogP contribution in [0.5, 0.6) is 0 Å². The van der Waals surface area contributed by atoms with Crippen LogP contribution in [0, 0.1) is 5.21 Å². The molecule has 1 aromatic carbocycles. The molecule has 0 aliphatic carbocycles. The first-order valence-corrected chi connectivity index (χ1v) is 7.82. The van der Waals surface area contributed by atoms with Gasteiger partial charge in [-0.25, -0.2) is 0 Å². The van der Waals surface area contributed by atoms with Gasteiger partial charge in [-0.15, -0.1) is 0 Å². The summed E-state index contributed by atoms with van der Waals surface area (Å²) in [5.41, 5.74) is 0.460. The van der Waals surface area contributed by atoms with E-state index < -0.39 is 4.87 Å². The lowest BCUT2D eigenvalue weighted by Crippen LogP contribution is -2.55. The molecule has 1 aromatic rings. The molecule has 0 aromatic heterocycles. The Kier molecular flexibility index (Phi) is 4.06. The van der Waals surface area contributed by atoms with Crippen LogP contribution in [0.1, 0.15) is 26.3 Å². The van der Waals surface area contributed by atoms with Crippen molar-refractivity contribution in [1.29, 1.82) is 0 Å². The zero-order valence-corrected chi connectivity index (χ0v) is 14.3. The number of hydrogen-bond acceptors (Lipinski definition) is 3. The van der Waals surface area contributed by atoms with Crippen molar-refractivity contribution in [3.8, 4) is 0 Å². The third-order valence-electron chi connectivity index (χ3n) is 4.09. The average molecular weight is 329 g/mol. The predicted molar refractivity (Wildman–Crippen MR) is 90.7 cm³/mol. The van der Waals surface area contributed by atoms with E-state index in [-0.39, 0.29) is 5.54 Å². The van der Waals surface area contributed by atoms with Crippen LogP contribution >= 0.6 is 35.6 Å². The first-order chi connectivity index (χ1) is 9.18. The maximum absolute atomic E-state index is 12.6. The van der Waals surface area contributed by atoms with E-state index in [4.69, 9.17) is 23.8 Å². The summed E-state index contributed by atoms with van der Waals surface area (Å²) < 4.78 is 1.74. The van der Waals surface area contributed by atoms with Crippen LogP contribution in [0.2, 0.25) is 5.02 Å². The van der Waals surface area contributed by atoms with Crippen molar-refractivity contribution in [1.82, 2.24) is 4.90 Å². The Balaban J connectivity index is 2.39. The van der Waals surface area contributed by atoms with E-state index in [1.54, 1.807) is 18.3 Å². The number of thioether (sulfide) groups is 1. The molecule has 1 heterocycles. The minimum atomic E-state index is -0.668. The van der Waals surface area contributed by atoms with Crippen LogP contribution in [0.4, 0.5) is 0 Å². The lowest BCUT2D eigenvalue weighted by Gasteiger charge is -2.37. The fourth-order valence-electron chi connectivity index (χ4n) is 2.02. The molecule has 1 saturated heterocycles. The maximum atomic E-state index is 12.6. The minimum absolute atomic E-state index is 0.362. The molecule has 0 amide bonds. The van der Waals surface area contributed by atoms with Crippen molar-refractivity contribution in [3.63, 3.8) is 0 Å². The molecule has 6 heteroatoms. The Labute approximate surface area is 134 Å². The van der Waals surface area contributed by atoms with Crippen molar-refractivity contribution in [2.24, 2.45) is 0 Å². The second-order valence-corrected chi connectivity index (χ2v) is 7.94. The van der Waals surface area contributed by atoms with Crippen molar-refractivity contribution < 1.29 is 4.74 Å². The number of hydrogen-bond donors (Lipinski definition) is 0. The SMILES string of the molecule is CN1C(=S)SC(C)([N+]([O-])=Cc2ccc(Cl)cc2)C1(C)C. The Morgan fingerprint density at radius 3 is 2.30 bits per heavy atom. The van der Waals surface area contributed by atoms with Gasteiger partial charge in [-0.3, -0.25) is 0 Å². The number of halogens is 1. The minimum Gasteiger partial charge on any atom is -0.623 e. The highest BCUT2D eigenvalue weighted by Gasteiger charge is 2.59. The third kappa shape index (κ3) is 2.43. The van der Waals surface area contributed by atoms with Crippen LogP contribution in [0.15, 0.2) is 24.3 Å². The first kappa shape index (κ1) is 15.6. The molecule has 0 saturated carbocycles. The molecule has 0 radical (unpaired) electrons. The Morgan fingerprint density at radius 2 is 1.85 bits per heavy atom. The summed E-state index contributed by atoms with van der Waals surface area (Å²) in [6, 6.07) is 7.19. The van der Waals surface area contributed by atoms with Gasteiger partial charge in [0.1, 0.15) is 9.86 Å². The monoisotopic (exact) mass is 328 g/mol. The average Bonchev–Trinajstić information content (AvgIpc) is 2.54. The smallest absolute Gasteiger partial charge is 0.244 e. The van der Waals surface area contributed by atoms with Gasteiger partial charge in [-0.2, -0.15) is 4.74 Å². The number of hydroxylamine groups is 1. The van der Waals surface area contributed by atoms with Crippen LogP contribution in [-0.4, -0.2) is 37.6 Å². The highest BCUT2D eigenvalue weighted by molar-refractivity contribution is 8.24. The third-order valence-corrected chi connectivity index (χ3v) is 6.39. The zero-order chi connectivity index (χ0) is 15.1. The first-order valence-electron chi connectivity index (χ1n) is 6.22. The highest BCUT2D eigenvalue weighted by atomic mass is 35.5. The molecule has 1 atom stereocenters. The van der Waals surface area contributed by atoms with Gasteiger partial charge in [0.05, 0.1) is 0 Å². The Bertz CT molecular complexity index is 571. The van der Waals surface area contributed by atoms with E-state index >= 15 is 0 Å². The number of benzene rings is 1. The molecule has 0 N–H and O–H groups in total. The van der Waals surface area contributed by atoms with Gasteiger partial charge in [0.15, 0.2) is 6.21 Å². The molecule has 2 rings (SSSR count). The van der Waals surface area contributed by atoms with Crippen molar-refractivity contribution in [2.75, 3.05) is 7.05 Å². The van der Waals surface area contributed by atoms with Gasteiger partial charge < -0.3 is 10.1 Å². The van der Waals surface area contributed by atoms with Crippen LogP contribution in [0.3, 0.4) is 0 Å². The summed E-state index contributed by atoms with van der Waals surface area (Å²) in [5, 5.41) is 13.3. The van der Waals surface area contributed by atoms with E-state index in [2.05, 4.69) is 0 Å². The van der Waals surface area contributed by atoms with E-state index in [1.807, 2.05) is 44.9 Å². The van der Waals surface area contributed by atoms with Gasteiger partial charge in [0.25, 0.3) is 0 Å². The standard InChI is InChI=1S/C14H17ClN2OS2/c1-13(2)14(3,20-12(19)16(13)4)17(18)9-10-5-7-11(15)8-6-10/h5-9H,1-4H3. The number of thiocarbonyl (C=S) groups is 1. The number of rotatable bonds is 2. The van der Waals surface area contributed by atoms with Crippen molar-refractivity contribution in [2.45, 2.75) is 31.2 Å². The molecule has 20 heavy (non-hydrogen) atoms. The van der Waals surface area contributed by atoms with Crippen molar-refractivity contribution in [3.05, 3.63) is 40.1 Å². The van der Waals surface area contributed by atoms with Gasteiger partial charge in [0, 0.05) is 24.6 Å². The molecule has 1 unspecified atom stereocenters. The van der Waals surface area contributed by atoms with Gasteiger partial charge in [0.2, 0.25) is 4.87 Å². The number of likely N-dealkylation sites (N-methyl/N-ethyl adjacent to an activating group) is 1. The second-order valence-electron chi connectivity index (χ2n) is 5.48. The van der Waals surface area contributed by atoms with E-state index in [1.165, 1.54) is 11.8 Å². The summed E-state index contributed by atoms with van der Waals surface area (Å²) in [6.07, 6.45) is 1.59. The van der Waals surface area contributed by atoms with Gasteiger partial charge in [-0.1, -0.05) is 23.8 Å². The van der Waals surface area contributed by atoms with Crippen LogP contribution < -0.4 is 0 Å². The second kappa shape index (κ2) is 5.20. The topological polar surface area (TPSA) is 29.3 Å². The summed E-state index contributed by atoms with van der Waals surface area (Å²) in [7, 11) is 1.93. The maximum Gasteiger partial charge on any atom is 0.244 e. The van der Waals surface area contributed by atoms with E-state index in [0.29, 0.717) is 5.02 Å². The molecule has 0 bridgehead atoms. The summed E-state index contributed by atoms with van der Waals surface area (Å²) in [4.78, 5) is 1.31. The summed E-state index contributed by atoms with van der Waals surface area (Å²) >= 11 is 12.6. The summed E-state index contributed by atoms with van der Waals surface area (Å²) in [5.74, 6) is 0. The van der Waals surface area contributed by atoms with Crippen LogP contribution in [-0.2, 0) is 0 Å². The molecule has 1 fully saturated rings. The predicted octanol–water partition coefficient (Wildman–Crippen LogP) is 3.73. The number of nitrogens with zero attached hydrogens (tertiary/aromatic N) is 2. The quantitative estimate of drug-likeness (QED) is 0.272. The molecule has 3 nitrogen and oxygen atoms in total. The largest absolute Gasteiger partial charge is 0.623 e. The van der Waals surface area contributed by atoms with E-state index in [9.17, 15) is 5.21 Å². The van der Waals surface area contributed by atoms with Crippen LogP contribution in [0.25, 0.3) is 0 Å². The lowest BCUT2D eigenvalue weighted by molar-refractivity contribution is -0.522. The Morgan fingerprint density at radius 1 is 1.30 bits per heavy atom. The zero-order valence-electron chi connectivity index (χ0n) is 11.9. The fraction of sp³-hybridized carbons (Fsp3) is 0.429. The van der Waals surface area contributed by atoms with Gasteiger partial charge in [-0.05, 0) is 49.9 Å². The van der Waals surface area contributed by atoms with Crippen molar-refractivity contribution >= 4 is 46.1 Å². The highest BCUT2D eigenvalue weighted by Crippen LogP contribution is 2.48. The molecule has 1 aliphatic heterocycles. The lowest BCUT2D eigenvalue weighted by atomic mass is 9.94. The Hall–Kier alpha value is -0.780. The molecular weight excluding hydrogens is 312 g/mol. The molecular formula is C14H17ClN2OS2. The molecule has 1 aliphatic rings. The molecule has 108 valence electrons. The fourth-order valence-corrected chi connectivity index (χ4v) is 4.10. The summed E-state index contributed by atoms with van der Waals surface area (Å²) in [6.45, 7) is 5.98. The van der Waals surface area contributed by atoms with E-state index in [0.717, 1.165) is 14.6 Å². The normalized spacial score (nSPS) is 26.1. The molecule has 0 spiro atoms.